The molecule has 2 aromatic heterocycles. The van der Waals surface area contributed by atoms with Crippen LogP contribution in [0.15, 0.2) is 30.5 Å². The molecule has 0 radical (unpaired) electrons. The summed E-state index contributed by atoms with van der Waals surface area (Å²) in [5.74, 6) is 1.38. The quantitative estimate of drug-likeness (QED) is 0.503. The lowest BCUT2D eigenvalue weighted by molar-refractivity contribution is -0.119. The predicted molar refractivity (Wildman–Crippen MR) is 134 cm³/mol. The highest BCUT2D eigenvalue weighted by Crippen LogP contribution is 2.26. The number of aromatic nitrogens is 3. The summed E-state index contributed by atoms with van der Waals surface area (Å²) in [6, 6.07) is 8.74. The van der Waals surface area contributed by atoms with Crippen LogP contribution in [0.25, 0.3) is 10.9 Å². The van der Waals surface area contributed by atoms with Crippen LogP contribution in [-0.4, -0.2) is 75.6 Å². The Hall–Kier alpha value is -2.33. The third-order valence-corrected chi connectivity index (χ3v) is 7.73. The smallest absolute Gasteiger partial charge is 0.231 e. The zero-order valence-corrected chi connectivity index (χ0v) is 20.5. The minimum absolute atomic E-state index is 0.256. The Morgan fingerprint density at radius 1 is 1.09 bits per heavy atom. The van der Waals surface area contributed by atoms with E-state index >= 15 is 0 Å². The minimum atomic E-state index is -0.256. The van der Waals surface area contributed by atoms with Crippen molar-refractivity contribution in [3.8, 4) is 0 Å². The summed E-state index contributed by atoms with van der Waals surface area (Å²) in [5, 5.41) is 2.42. The molecule has 2 aliphatic rings. The zero-order chi connectivity index (χ0) is 23.3. The van der Waals surface area contributed by atoms with E-state index in [0.29, 0.717) is 12.5 Å². The van der Waals surface area contributed by atoms with Gasteiger partial charge in [0, 0.05) is 69.5 Å². The van der Waals surface area contributed by atoms with Gasteiger partial charge in [-0.05, 0) is 48.3 Å². The molecule has 3 aromatic rings. The average Bonchev–Trinajstić information content (AvgIpc) is 3.44. The average molecular weight is 483 g/mol. The zero-order valence-electron chi connectivity index (χ0n) is 19.7. The van der Waals surface area contributed by atoms with Crippen molar-refractivity contribution >= 4 is 28.3 Å². The van der Waals surface area contributed by atoms with Gasteiger partial charge in [0.05, 0.1) is 13.1 Å². The van der Waals surface area contributed by atoms with Crippen LogP contribution in [0.3, 0.4) is 0 Å². The maximum absolute atomic E-state index is 11.1. The van der Waals surface area contributed by atoms with Gasteiger partial charge >= 0.3 is 0 Å². The topological polar surface area (TPSA) is 89.5 Å². The molecule has 0 aliphatic carbocycles. The molecule has 182 valence electrons. The fourth-order valence-corrected chi connectivity index (χ4v) is 5.83. The van der Waals surface area contributed by atoms with Gasteiger partial charge in [-0.25, -0.2) is 4.98 Å². The number of carbonyl (C=O) groups is 1. The Morgan fingerprint density at radius 2 is 1.85 bits per heavy atom. The number of nitrogens with zero attached hydrogens (tertiary/aromatic N) is 5. The van der Waals surface area contributed by atoms with Gasteiger partial charge in [0.1, 0.15) is 10.8 Å². The van der Waals surface area contributed by atoms with Crippen LogP contribution in [0.4, 0.5) is 0 Å². The van der Waals surface area contributed by atoms with Crippen molar-refractivity contribution in [2.24, 2.45) is 11.7 Å². The standard InChI is InChI=1S/C25H34N6O2S/c26-23(32)17-29-9-11-30(12-10-29)18-25-27-24(28-34-25)6-5-20-16-31(15-19-7-13-33-14-8-19)22-4-2-1-3-21(20)22/h1-4,16,19H,5-15,17-18H2,(H2,26,32). The second kappa shape index (κ2) is 10.9. The molecule has 2 saturated heterocycles. The van der Waals surface area contributed by atoms with Crippen LogP contribution in [0.2, 0.25) is 0 Å². The van der Waals surface area contributed by atoms with Crippen molar-refractivity contribution in [2.45, 2.75) is 38.8 Å². The number of ether oxygens (including phenoxy) is 1. The summed E-state index contributed by atoms with van der Waals surface area (Å²) >= 11 is 1.51. The molecule has 0 bridgehead atoms. The van der Waals surface area contributed by atoms with E-state index in [1.165, 1.54) is 28.0 Å². The lowest BCUT2D eigenvalue weighted by Gasteiger charge is -2.33. The van der Waals surface area contributed by atoms with Crippen LogP contribution in [-0.2, 0) is 35.5 Å². The van der Waals surface area contributed by atoms with Gasteiger partial charge in [-0.2, -0.15) is 4.37 Å². The number of para-hydroxylation sites is 1. The number of nitrogens with two attached hydrogens (primary N) is 1. The van der Waals surface area contributed by atoms with E-state index in [4.69, 9.17) is 15.5 Å². The summed E-state index contributed by atoms with van der Waals surface area (Å²) in [6.45, 7) is 7.60. The predicted octanol–water partition coefficient (Wildman–Crippen LogP) is 2.31. The highest BCUT2D eigenvalue weighted by molar-refractivity contribution is 7.05. The van der Waals surface area contributed by atoms with Crippen LogP contribution in [0, 0.1) is 5.92 Å². The normalized spacial score (nSPS) is 18.6. The number of benzene rings is 1. The highest BCUT2D eigenvalue weighted by Gasteiger charge is 2.20. The van der Waals surface area contributed by atoms with Crippen LogP contribution in [0.1, 0.15) is 29.2 Å². The number of hydrogen-bond acceptors (Lipinski definition) is 7. The number of hydrogen-bond donors (Lipinski definition) is 1. The second-order valence-electron chi connectivity index (χ2n) is 9.50. The third-order valence-electron chi connectivity index (χ3n) is 7.00. The van der Waals surface area contributed by atoms with Crippen LogP contribution in [0.5, 0.6) is 0 Å². The SMILES string of the molecule is NC(=O)CN1CCN(Cc2nc(CCc3cn(CC4CCOCC4)c4ccccc34)ns2)CC1. The maximum atomic E-state index is 11.1. The summed E-state index contributed by atoms with van der Waals surface area (Å²) in [5.41, 5.74) is 8.02. The van der Waals surface area contributed by atoms with E-state index in [0.717, 1.165) is 89.0 Å². The molecule has 5 rings (SSSR count). The molecule has 0 unspecified atom stereocenters. The van der Waals surface area contributed by atoms with Gasteiger partial charge in [0.25, 0.3) is 0 Å². The molecule has 9 heteroatoms. The van der Waals surface area contributed by atoms with Crippen LogP contribution < -0.4 is 5.73 Å². The molecule has 34 heavy (non-hydrogen) atoms. The largest absolute Gasteiger partial charge is 0.381 e. The Morgan fingerprint density at radius 3 is 2.65 bits per heavy atom. The fraction of sp³-hybridized carbons (Fsp3) is 0.560. The number of aryl methyl sites for hydroxylation is 2. The molecule has 0 spiro atoms. The molecular weight excluding hydrogens is 448 g/mol. The Bertz CT molecular complexity index is 1100. The third kappa shape index (κ3) is 5.83. The Balaban J connectivity index is 1.17. The van der Waals surface area contributed by atoms with E-state index in [-0.39, 0.29) is 5.91 Å². The summed E-state index contributed by atoms with van der Waals surface area (Å²) in [6.07, 6.45) is 6.44. The lowest BCUT2D eigenvalue weighted by Crippen LogP contribution is -2.48. The summed E-state index contributed by atoms with van der Waals surface area (Å²) < 4.78 is 12.6. The number of primary amides is 1. The van der Waals surface area contributed by atoms with Gasteiger partial charge in [-0.15, -0.1) is 0 Å². The van der Waals surface area contributed by atoms with Crippen molar-refractivity contribution in [1.82, 2.24) is 23.7 Å². The summed E-state index contributed by atoms with van der Waals surface area (Å²) in [4.78, 5) is 20.4. The first-order chi connectivity index (χ1) is 16.6. The minimum Gasteiger partial charge on any atom is -0.381 e. The fourth-order valence-electron chi connectivity index (χ4n) is 5.10. The van der Waals surface area contributed by atoms with Crippen molar-refractivity contribution in [2.75, 3.05) is 45.9 Å². The monoisotopic (exact) mass is 482 g/mol. The first-order valence-corrected chi connectivity index (χ1v) is 13.1. The van der Waals surface area contributed by atoms with E-state index in [1.54, 1.807) is 0 Å². The van der Waals surface area contributed by atoms with Gasteiger partial charge in [-0.1, -0.05) is 18.2 Å². The van der Waals surface area contributed by atoms with Gasteiger partial charge in [-0.3, -0.25) is 14.6 Å². The highest BCUT2D eigenvalue weighted by atomic mass is 32.1. The molecule has 2 fully saturated rings. The van der Waals surface area contributed by atoms with Crippen molar-refractivity contribution in [3.05, 3.63) is 46.9 Å². The van der Waals surface area contributed by atoms with E-state index in [1.807, 2.05) is 0 Å². The molecule has 1 amide bonds. The molecule has 8 nitrogen and oxygen atoms in total. The molecule has 1 aromatic carbocycles. The lowest BCUT2D eigenvalue weighted by atomic mass is 10.0. The molecule has 0 atom stereocenters. The first-order valence-electron chi connectivity index (χ1n) is 12.3. The summed E-state index contributed by atoms with van der Waals surface area (Å²) in [7, 11) is 0. The number of rotatable bonds is 9. The molecule has 0 saturated carbocycles. The number of amides is 1. The maximum Gasteiger partial charge on any atom is 0.231 e. The first kappa shape index (κ1) is 23.4. The Kier molecular flexibility index (Phi) is 7.54. The van der Waals surface area contributed by atoms with Crippen molar-refractivity contribution in [3.63, 3.8) is 0 Å². The number of carbonyl (C=O) groups excluding carboxylic acids is 1. The number of fused-ring (bicyclic) bond motifs is 1. The van der Waals surface area contributed by atoms with Gasteiger partial charge in [0.2, 0.25) is 5.91 Å². The molecule has 2 N–H and O–H groups in total. The van der Waals surface area contributed by atoms with E-state index in [2.05, 4.69) is 49.2 Å². The second-order valence-corrected chi connectivity index (χ2v) is 10.3. The Labute approximate surface area is 204 Å². The molecule has 2 aliphatic heterocycles. The molecular formula is C25H34N6O2S. The van der Waals surface area contributed by atoms with E-state index in [9.17, 15) is 4.79 Å². The van der Waals surface area contributed by atoms with E-state index < -0.39 is 0 Å². The van der Waals surface area contributed by atoms with Crippen molar-refractivity contribution < 1.29 is 9.53 Å². The molecule has 4 heterocycles. The number of piperazine rings is 1. The van der Waals surface area contributed by atoms with Crippen molar-refractivity contribution in [1.29, 1.82) is 0 Å². The van der Waals surface area contributed by atoms with Gasteiger partial charge < -0.3 is 15.0 Å². The van der Waals surface area contributed by atoms with Gasteiger partial charge in [0.15, 0.2) is 0 Å². The van der Waals surface area contributed by atoms with Crippen LogP contribution >= 0.6 is 11.5 Å².